The van der Waals surface area contributed by atoms with Gasteiger partial charge in [0.1, 0.15) is 0 Å². The third kappa shape index (κ3) is 5.25. The average molecular weight is 410 g/mol. The van der Waals surface area contributed by atoms with Crippen molar-refractivity contribution >= 4 is 33.7 Å². The van der Waals surface area contributed by atoms with E-state index in [1.165, 1.54) is 0 Å². The number of hydrogen-bond donors (Lipinski definition) is 6. The second-order valence-corrected chi connectivity index (χ2v) is 6.88. The van der Waals surface area contributed by atoms with Crippen LogP contribution in [0, 0.1) is 0 Å². The quantitative estimate of drug-likeness (QED) is 0.287. The summed E-state index contributed by atoms with van der Waals surface area (Å²) >= 11 is 0. The highest BCUT2D eigenvalue weighted by Crippen LogP contribution is 2.16. The van der Waals surface area contributed by atoms with E-state index < -0.39 is 24.1 Å². The van der Waals surface area contributed by atoms with Crippen molar-refractivity contribution in [2.24, 2.45) is 0 Å². The Morgan fingerprint density at radius 1 is 0.700 bits per heavy atom. The van der Waals surface area contributed by atoms with Gasteiger partial charge in [-0.15, -0.1) is 0 Å². The number of carbonyl (C=O) groups is 2. The van der Waals surface area contributed by atoms with E-state index in [-0.39, 0.29) is 12.8 Å². The SMILES string of the molecule is O=C(O)C(O)Cc1cc2ccccc2[nH]1.O=C(O)C(O)Cc1cc2ccccc2[nH]1. The number of carboxylic acid groups (broad SMARTS) is 2. The summed E-state index contributed by atoms with van der Waals surface area (Å²) in [5.74, 6) is -2.40. The van der Waals surface area contributed by atoms with Crippen molar-refractivity contribution in [3.63, 3.8) is 0 Å². The van der Waals surface area contributed by atoms with Crippen molar-refractivity contribution in [2.45, 2.75) is 25.0 Å². The molecule has 30 heavy (non-hydrogen) atoms. The molecule has 2 unspecified atom stereocenters. The van der Waals surface area contributed by atoms with Crippen LogP contribution in [0.1, 0.15) is 11.4 Å². The fourth-order valence-corrected chi connectivity index (χ4v) is 3.08. The molecule has 0 aliphatic rings. The van der Waals surface area contributed by atoms with E-state index in [1.54, 1.807) is 0 Å². The summed E-state index contributed by atoms with van der Waals surface area (Å²) in [6.07, 6.45) is -2.50. The van der Waals surface area contributed by atoms with E-state index >= 15 is 0 Å². The summed E-state index contributed by atoms with van der Waals surface area (Å²) in [6, 6.07) is 19.0. The van der Waals surface area contributed by atoms with Crippen LogP contribution in [-0.4, -0.2) is 54.5 Å². The maximum absolute atomic E-state index is 10.5. The van der Waals surface area contributed by atoms with Gasteiger partial charge in [0.05, 0.1) is 0 Å². The Balaban J connectivity index is 0.000000171. The molecule has 8 heteroatoms. The number of benzene rings is 2. The van der Waals surface area contributed by atoms with Gasteiger partial charge in [-0.3, -0.25) is 0 Å². The highest BCUT2D eigenvalue weighted by molar-refractivity contribution is 5.81. The molecule has 0 aliphatic heterocycles. The van der Waals surface area contributed by atoms with Crippen molar-refractivity contribution in [3.05, 3.63) is 72.1 Å². The van der Waals surface area contributed by atoms with Crippen LogP contribution in [0.4, 0.5) is 0 Å². The van der Waals surface area contributed by atoms with E-state index in [9.17, 15) is 19.8 Å². The molecule has 2 atom stereocenters. The van der Waals surface area contributed by atoms with Crippen molar-refractivity contribution < 1.29 is 30.0 Å². The summed E-state index contributed by atoms with van der Waals surface area (Å²) in [6.45, 7) is 0. The lowest BCUT2D eigenvalue weighted by Gasteiger charge is -2.01. The molecule has 6 N–H and O–H groups in total. The minimum Gasteiger partial charge on any atom is -0.479 e. The van der Waals surface area contributed by atoms with E-state index in [2.05, 4.69) is 9.97 Å². The highest BCUT2D eigenvalue weighted by atomic mass is 16.4. The lowest BCUT2D eigenvalue weighted by atomic mass is 10.2. The summed E-state index contributed by atoms with van der Waals surface area (Å²) in [4.78, 5) is 27.0. The molecular formula is C22H22N2O6. The van der Waals surface area contributed by atoms with Crippen LogP contribution in [0.5, 0.6) is 0 Å². The smallest absolute Gasteiger partial charge is 0.332 e. The molecule has 0 bridgehead atoms. The minimum absolute atomic E-state index is 0.101. The fraction of sp³-hybridized carbons (Fsp3) is 0.182. The lowest BCUT2D eigenvalue weighted by molar-refractivity contribution is -0.147. The number of rotatable bonds is 6. The van der Waals surface area contributed by atoms with Crippen LogP contribution in [-0.2, 0) is 22.4 Å². The monoisotopic (exact) mass is 410 g/mol. The number of aromatic nitrogens is 2. The van der Waals surface area contributed by atoms with E-state index in [4.69, 9.17) is 10.2 Å². The zero-order chi connectivity index (χ0) is 21.7. The van der Waals surface area contributed by atoms with Gasteiger partial charge in [-0.25, -0.2) is 9.59 Å². The van der Waals surface area contributed by atoms with Crippen molar-refractivity contribution in [2.75, 3.05) is 0 Å². The zero-order valence-corrected chi connectivity index (χ0v) is 15.9. The second kappa shape index (κ2) is 9.25. The summed E-state index contributed by atoms with van der Waals surface area (Å²) < 4.78 is 0. The molecule has 2 aromatic carbocycles. The second-order valence-electron chi connectivity index (χ2n) is 6.88. The van der Waals surface area contributed by atoms with Gasteiger partial charge < -0.3 is 30.4 Å². The van der Waals surface area contributed by atoms with Gasteiger partial charge in [0.15, 0.2) is 12.2 Å². The molecule has 4 aromatic rings. The Bertz CT molecular complexity index is 1000. The number of nitrogens with one attached hydrogen (secondary N) is 2. The molecule has 2 heterocycles. The number of aliphatic hydroxyl groups excluding tert-OH is 2. The predicted octanol–water partition coefficient (Wildman–Crippen LogP) is 2.31. The molecular weight excluding hydrogens is 388 g/mol. The molecule has 0 amide bonds. The number of aromatic amines is 2. The third-order valence-corrected chi connectivity index (χ3v) is 4.57. The Kier molecular flexibility index (Phi) is 6.51. The van der Waals surface area contributed by atoms with Gasteiger partial charge in [-0.2, -0.15) is 0 Å². The molecule has 156 valence electrons. The number of H-pyrrole nitrogens is 2. The van der Waals surface area contributed by atoms with E-state index in [1.807, 2.05) is 60.7 Å². The van der Waals surface area contributed by atoms with Crippen LogP contribution < -0.4 is 0 Å². The normalized spacial score (nSPS) is 12.9. The molecule has 0 saturated carbocycles. The van der Waals surface area contributed by atoms with Crippen molar-refractivity contribution in [3.8, 4) is 0 Å². The van der Waals surface area contributed by atoms with Gasteiger partial charge in [0.25, 0.3) is 0 Å². The van der Waals surface area contributed by atoms with E-state index in [0.717, 1.165) is 33.2 Å². The summed E-state index contributed by atoms with van der Waals surface area (Å²) in [7, 11) is 0. The lowest BCUT2D eigenvalue weighted by Crippen LogP contribution is -2.22. The minimum atomic E-state index is -1.35. The average Bonchev–Trinajstić information content (AvgIpc) is 3.30. The van der Waals surface area contributed by atoms with Crippen LogP contribution in [0.15, 0.2) is 60.7 Å². The first-order valence-electron chi connectivity index (χ1n) is 9.28. The first-order chi connectivity index (χ1) is 14.3. The molecule has 8 nitrogen and oxygen atoms in total. The van der Waals surface area contributed by atoms with E-state index in [0.29, 0.717) is 0 Å². The van der Waals surface area contributed by atoms with Crippen LogP contribution in [0.3, 0.4) is 0 Å². The maximum Gasteiger partial charge on any atom is 0.332 e. The topological polar surface area (TPSA) is 147 Å². The summed E-state index contributed by atoms with van der Waals surface area (Å²) in [5.41, 5.74) is 3.35. The standard InChI is InChI=1S/2C11H11NO3/c2*13-10(11(14)15)6-8-5-7-3-1-2-4-9(7)12-8/h2*1-5,10,12-13H,6H2,(H,14,15). The van der Waals surface area contributed by atoms with Gasteiger partial charge in [-0.1, -0.05) is 36.4 Å². The maximum atomic E-state index is 10.5. The number of aliphatic hydroxyl groups is 2. The molecule has 2 aromatic heterocycles. The Morgan fingerprint density at radius 2 is 1.07 bits per heavy atom. The highest BCUT2D eigenvalue weighted by Gasteiger charge is 2.15. The third-order valence-electron chi connectivity index (χ3n) is 4.57. The molecule has 0 spiro atoms. The largest absolute Gasteiger partial charge is 0.479 e. The molecule has 0 saturated heterocycles. The Morgan fingerprint density at radius 3 is 1.40 bits per heavy atom. The predicted molar refractivity (Wildman–Crippen MR) is 111 cm³/mol. The number of hydrogen-bond acceptors (Lipinski definition) is 4. The number of fused-ring (bicyclic) bond motifs is 2. The van der Waals surface area contributed by atoms with Gasteiger partial charge in [0.2, 0.25) is 0 Å². The number of carboxylic acids is 2. The van der Waals surface area contributed by atoms with Crippen molar-refractivity contribution in [1.82, 2.24) is 9.97 Å². The first kappa shape index (κ1) is 21.1. The number of para-hydroxylation sites is 2. The molecule has 0 aliphatic carbocycles. The zero-order valence-electron chi connectivity index (χ0n) is 15.9. The number of aliphatic carboxylic acids is 2. The van der Waals surface area contributed by atoms with Crippen LogP contribution >= 0.6 is 0 Å². The van der Waals surface area contributed by atoms with Crippen molar-refractivity contribution in [1.29, 1.82) is 0 Å². The van der Waals surface area contributed by atoms with Gasteiger partial charge >= 0.3 is 11.9 Å². The fourth-order valence-electron chi connectivity index (χ4n) is 3.08. The molecule has 0 radical (unpaired) electrons. The first-order valence-corrected chi connectivity index (χ1v) is 9.28. The Labute approximate surface area is 171 Å². The van der Waals surface area contributed by atoms with Crippen LogP contribution in [0.2, 0.25) is 0 Å². The van der Waals surface area contributed by atoms with Gasteiger partial charge in [-0.05, 0) is 35.0 Å². The van der Waals surface area contributed by atoms with Gasteiger partial charge in [0, 0.05) is 35.3 Å². The molecule has 4 rings (SSSR count). The molecule has 0 fully saturated rings. The summed E-state index contributed by atoms with van der Waals surface area (Å²) in [5, 5.41) is 37.5. The Hall–Kier alpha value is -3.62. The van der Waals surface area contributed by atoms with Crippen LogP contribution in [0.25, 0.3) is 21.8 Å².